The lowest BCUT2D eigenvalue weighted by atomic mass is 10.1. The van der Waals surface area contributed by atoms with Gasteiger partial charge in [-0.15, -0.1) is 0 Å². The maximum absolute atomic E-state index is 13.4. The number of carbonyl (C=O) groups excluding carboxylic acids is 2. The summed E-state index contributed by atoms with van der Waals surface area (Å²) >= 11 is 3.32. The molecule has 0 aromatic heterocycles. The molecule has 2 aromatic carbocycles. The number of rotatable bonds is 7. The summed E-state index contributed by atoms with van der Waals surface area (Å²) in [5.74, 6) is -0.469. The third-order valence-electron chi connectivity index (χ3n) is 3.41. The Kier molecular flexibility index (Phi) is 7.40. The van der Waals surface area contributed by atoms with E-state index in [4.69, 9.17) is 0 Å². The fourth-order valence-electron chi connectivity index (χ4n) is 2.12. The molecule has 0 heterocycles. The first-order valence-corrected chi connectivity index (χ1v) is 8.64. The number of hydrogen-bond donors (Lipinski definition) is 3. The predicted molar refractivity (Wildman–Crippen MR) is 98.9 cm³/mol. The van der Waals surface area contributed by atoms with E-state index >= 15 is 0 Å². The molecule has 0 saturated heterocycles. The Morgan fingerprint density at radius 3 is 2.40 bits per heavy atom. The molecular formula is C18H19BrFN3O2. The van der Waals surface area contributed by atoms with Crippen molar-refractivity contribution in [2.24, 2.45) is 0 Å². The largest absolute Gasteiger partial charge is 0.356 e. The van der Waals surface area contributed by atoms with Crippen LogP contribution in [0.4, 0.5) is 14.9 Å². The minimum absolute atomic E-state index is 0.158. The van der Waals surface area contributed by atoms with Gasteiger partial charge < -0.3 is 16.0 Å². The average Bonchev–Trinajstić information content (AvgIpc) is 2.59. The minimum atomic E-state index is -0.374. The first-order chi connectivity index (χ1) is 12.0. The van der Waals surface area contributed by atoms with E-state index < -0.39 is 0 Å². The van der Waals surface area contributed by atoms with E-state index in [0.717, 1.165) is 4.47 Å². The first kappa shape index (κ1) is 18.9. The Labute approximate surface area is 154 Å². The fourth-order valence-corrected chi connectivity index (χ4v) is 2.39. The summed E-state index contributed by atoms with van der Waals surface area (Å²) in [6, 6.07) is 13.3. The van der Waals surface area contributed by atoms with Crippen LogP contribution in [0.5, 0.6) is 0 Å². The minimum Gasteiger partial charge on any atom is -0.356 e. The monoisotopic (exact) mass is 407 g/mol. The van der Waals surface area contributed by atoms with Gasteiger partial charge >= 0.3 is 6.03 Å². The van der Waals surface area contributed by atoms with E-state index in [1.807, 2.05) is 12.1 Å². The molecule has 0 aliphatic rings. The van der Waals surface area contributed by atoms with Crippen molar-refractivity contribution >= 4 is 33.6 Å². The van der Waals surface area contributed by atoms with E-state index in [1.54, 1.807) is 30.3 Å². The van der Waals surface area contributed by atoms with Gasteiger partial charge in [0.25, 0.3) is 0 Å². The number of urea groups is 1. The van der Waals surface area contributed by atoms with E-state index in [9.17, 15) is 14.0 Å². The van der Waals surface area contributed by atoms with Gasteiger partial charge in [-0.3, -0.25) is 4.79 Å². The number of nitrogens with one attached hydrogen (secondary N) is 3. The number of amides is 3. The summed E-state index contributed by atoms with van der Waals surface area (Å²) in [7, 11) is 0. The molecular weight excluding hydrogens is 389 g/mol. The van der Waals surface area contributed by atoms with Gasteiger partial charge in [0.2, 0.25) is 5.91 Å². The molecule has 7 heteroatoms. The van der Waals surface area contributed by atoms with Crippen molar-refractivity contribution in [2.45, 2.75) is 12.8 Å². The molecule has 0 saturated carbocycles. The Bertz CT molecular complexity index is 723. The van der Waals surface area contributed by atoms with Gasteiger partial charge in [-0.05, 0) is 42.3 Å². The van der Waals surface area contributed by atoms with Crippen LogP contribution in [0, 0.1) is 5.82 Å². The summed E-state index contributed by atoms with van der Waals surface area (Å²) < 4.78 is 14.4. The van der Waals surface area contributed by atoms with Gasteiger partial charge in [0.1, 0.15) is 5.82 Å². The topological polar surface area (TPSA) is 70.2 Å². The summed E-state index contributed by atoms with van der Waals surface area (Å²) in [6.07, 6.45) is 0.584. The van der Waals surface area contributed by atoms with Crippen LogP contribution in [0.2, 0.25) is 0 Å². The van der Waals surface area contributed by atoms with Crippen molar-refractivity contribution < 1.29 is 14.0 Å². The standard InChI is InChI=1S/C18H19BrFN3O2/c19-14-5-7-15(8-6-14)23-18(25)22-12-10-17(24)21-11-9-13-3-1-2-4-16(13)20/h1-8H,9-12H2,(H,21,24)(H2,22,23,25). The van der Waals surface area contributed by atoms with Crippen molar-refractivity contribution in [3.8, 4) is 0 Å². The lowest BCUT2D eigenvalue weighted by Crippen LogP contribution is -2.33. The third-order valence-corrected chi connectivity index (χ3v) is 3.94. The van der Waals surface area contributed by atoms with Gasteiger partial charge in [-0.2, -0.15) is 0 Å². The highest BCUT2D eigenvalue weighted by Crippen LogP contribution is 2.13. The van der Waals surface area contributed by atoms with E-state index in [-0.39, 0.29) is 30.7 Å². The number of benzene rings is 2. The van der Waals surface area contributed by atoms with Crippen LogP contribution in [0.25, 0.3) is 0 Å². The molecule has 2 aromatic rings. The lowest BCUT2D eigenvalue weighted by molar-refractivity contribution is -0.120. The molecule has 5 nitrogen and oxygen atoms in total. The van der Waals surface area contributed by atoms with Gasteiger partial charge in [0.05, 0.1) is 0 Å². The van der Waals surface area contributed by atoms with E-state index in [0.29, 0.717) is 24.2 Å². The van der Waals surface area contributed by atoms with Gasteiger partial charge in [0, 0.05) is 29.7 Å². The molecule has 0 aliphatic heterocycles. The zero-order valence-corrected chi connectivity index (χ0v) is 15.1. The van der Waals surface area contributed by atoms with E-state index in [1.165, 1.54) is 6.07 Å². The molecule has 0 bridgehead atoms. The van der Waals surface area contributed by atoms with Crippen molar-refractivity contribution in [3.63, 3.8) is 0 Å². The summed E-state index contributed by atoms with van der Waals surface area (Å²) in [5, 5.41) is 7.99. The van der Waals surface area contributed by atoms with Gasteiger partial charge in [-0.1, -0.05) is 34.1 Å². The van der Waals surface area contributed by atoms with Crippen molar-refractivity contribution in [1.82, 2.24) is 10.6 Å². The van der Waals surface area contributed by atoms with Crippen LogP contribution in [0.3, 0.4) is 0 Å². The number of carbonyl (C=O) groups is 2. The molecule has 0 unspecified atom stereocenters. The molecule has 132 valence electrons. The molecule has 0 atom stereocenters. The van der Waals surface area contributed by atoms with Crippen LogP contribution in [0.15, 0.2) is 53.0 Å². The second-order valence-electron chi connectivity index (χ2n) is 5.33. The van der Waals surface area contributed by atoms with Crippen LogP contribution in [-0.2, 0) is 11.2 Å². The number of halogens is 2. The highest BCUT2D eigenvalue weighted by Gasteiger charge is 2.05. The molecule has 3 amide bonds. The molecule has 2 rings (SSSR count). The highest BCUT2D eigenvalue weighted by molar-refractivity contribution is 9.10. The van der Waals surface area contributed by atoms with Crippen LogP contribution in [-0.4, -0.2) is 25.0 Å². The quantitative estimate of drug-likeness (QED) is 0.657. The van der Waals surface area contributed by atoms with Crippen molar-refractivity contribution in [2.75, 3.05) is 18.4 Å². The predicted octanol–water partition coefficient (Wildman–Crippen LogP) is 3.46. The lowest BCUT2D eigenvalue weighted by Gasteiger charge is -2.08. The molecule has 0 fully saturated rings. The second kappa shape index (κ2) is 9.78. The molecule has 0 aliphatic carbocycles. The fraction of sp³-hybridized carbons (Fsp3) is 0.222. The first-order valence-electron chi connectivity index (χ1n) is 7.85. The van der Waals surface area contributed by atoms with Crippen molar-refractivity contribution in [1.29, 1.82) is 0 Å². The van der Waals surface area contributed by atoms with Crippen LogP contribution in [0.1, 0.15) is 12.0 Å². The highest BCUT2D eigenvalue weighted by atomic mass is 79.9. The normalized spacial score (nSPS) is 10.2. The van der Waals surface area contributed by atoms with Gasteiger partial charge in [-0.25, -0.2) is 9.18 Å². The third kappa shape index (κ3) is 6.93. The summed E-state index contributed by atoms with van der Waals surface area (Å²) in [5.41, 5.74) is 1.23. The molecule has 25 heavy (non-hydrogen) atoms. The SMILES string of the molecule is O=C(CCNC(=O)Nc1ccc(Br)cc1)NCCc1ccccc1F. The molecule has 3 N–H and O–H groups in total. The zero-order chi connectivity index (χ0) is 18.1. The Balaban J connectivity index is 1.61. The van der Waals surface area contributed by atoms with Crippen molar-refractivity contribution in [3.05, 3.63) is 64.4 Å². The maximum atomic E-state index is 13.4. The Hall–Kier alpha value is -2.41. The average molecular weight is 408 g/mol. The molecule has 0 radical (unpaired) electrons. The second-order valence-corrected chi connectivity index (χ2v) is 6.24. The number of anilines is 1. The summed E-state index contributed by atoms with van der Waals surface area (Å²) in [4.78, 5) is 23.4. The Morgan fingerprint density at radius 2 is 1.68 bits per heavy atom. The maximum Gasteiger partial charge on any atom is 0.319 e. The molecule has 0 spiro atoms. The number of hydrogen-bond acceptors (Lipinski definition) is 2. The Morgan fingerprint density at radius 1 is 0.960 bits per heavy atom. The van der Waals surface area contributed by atoms with Crippen LogP contribution >= 0.6 is 15.9 Å². The smallest absolute Gasteiger partial charge is 0.319 e. The zero-order valence-electron chi connectivity index (χ0n) is 13.5. The summed E-state index contributed by atoms with van der Waals surface area (Å²) in [6.45, 7) is 0.568. The van der Waals surface area contributed by atoms with Crippen LogP contribution < -0.4 is 16.0 Å². The van der Waals surface area contributed by atoms with Gasteiger partial charge in [0.15, 0.2) is 0 Å². The van der Waals surface area contributed by atoms with E-state index in [2.05, 4.69) is 31.9 Å².